The fourth-order valence-corrected chi connectivity index (χ4v) is 3.59. The number of hydrogen-bond donors (Lipinski definition) is 1. The third-order valence-electron chi connectivity index (χ3n) is 4.30. The average molecular weight is 374 g/mol. The van der Waals surface area contributed by atoms with Gasteiger partial charge in [0.15, 0.2) is 11.5 Å². The normalized spacial score (nSPS) is 16.3. The number of carbonyl (C=O) groups excluding carboxylic acids is 2. The molecule has 0 amide bonds. The lowest BCUT2D eigenvalue weighted by molar-refractivity contribution is -0.134. The number of carbonyl (C=O) groups is 2. The van der Waals surface area contributed by atoms with E-state index >= 15 is 0 Å². The number of hydrogen-bond acceptors (Lipinski definition) is 5. The summed E-state index contributed by atoms with van der Waals surface area (Å²) in [6.07, 6.45) is 0.687. The molecule has 1 N–H and O–H groups in total. The number of rotatable bonds is 3. The number of halogens is 1. The second kappa shape index (κ2) is 7.89. The van der Waals surface area contributed by atoms with Crippen LogP contribution in [0.25, 0.3) is 0 Å². The summed E-state index contributed by atoms with van der Waals surface area (Å²) in [5.74, 6) is -0.711. The van der Waals surface area contributed by atoms with Crippen molar-refractivity contribution in [2.75, 3.05) is 13.1 Å². The van der Waals surface area contributed by atoms with Gasteiger partial charge in [-0.2, -0.15) is 0 Å². The molecule has 0 fully saturated rings. The summed E-state index contributed by atoms with van der Waals surface area (Å²) in [7, 11) is 0. The molecule has 0 aliphatic carbocycles. The molecule has 1 aliphatic heterocycles. The molecular weight excluding hydrogens is 354 g/mol. The molecule has 0 saturated carbocycles. The van der Waals surface area contributed by atoms with Gasteiger partial charge in [0.05, 0.1) is 5.02 Å². The zero-order valence-electron chi connectivity index (χ0n) is 14.7. The van der Waals surface area contributed by atoms with Crippen molar-refractivity contribution < 1.29 is 19.1 Å². The fraction of sp³-hybridized carbons (Fsp3) is 0.300. The monoisotopic (exact) mass is 373 g/mol. The van der Waals surface area contributed by atoms with E-state index < -0.39 is 11.9 Å². The van der Waals surface area contributed by atoms with E-state index in [2.05, 4.69) is 17.4 Å². The van der Waals surface area contributed by atoms with Crippen molar-refractivity contribution in [1.82, 2.24) is 5.32 Å². The van der Waals surface area contributed by atoms with Crippen LogP contribution in [0.3, 0.4) is 0 Å². The second-order valence-electron chi connectivity index (χ2n) is 6.19. The van der Waals surface area contributed by atoms with Crippen LogP contribution in [0.2, 0.25) is 5.02 Å². The highest BCUT2D eigenvalue weighted by molar-refractivity contribution is 6.33. The van der Waals surface area contributed by atoms with E-state index in [0.29, 0.717) is 11.4 Å². The van der Waals surface area contributed by atoms with Crippen LogP contribution >= 0.6 is 11.6 Å². The van der Waals surface area contributed by atoms with Crippen LogP contribution < -0.4 is 14.8 Å². The summed E-state index contributed by atoms with van der Waals surface area (Å²) in [6, 6.07) is 11.8. The summed E-state index contributed by atoms with van der Waals surface area (Å²) < 4.78 is 10.6. The molecular formula is C20H20ClNO4. The first-order valence-electron chi connectivity index (χ1n) is 8.45. The van der Waals surface area contributed by atoms with Crippen LogP contribution in [0.5, 0.6) is 11.5 Å². The quantitative estimate of drug-likeness (QED) is 0.659. The number of ether oxygens (including phenoxy) is 2. The molecule has 0 aromatic heterocycles. The molecule has 1 unspecified atom stereocenters. The molecule has 0 bridgehead atoms. The Balaban J connectivity index is 2.18. The van der Waals surface area contributed by atoms with Crippen LogP contribution in [0, 0.1) is 0 Å². The zero-order valence-corrected chi connectivity index (χ0v) is 15.4. The molecule has 3 rings (SSSR count). The van der Waals surface area contributed by atoms with Gasteiger partial charge in [-0.15, -0.1) is 0 Å². The first-order chi connectivity index (χ1) is 12.5. The lowest BCUT2D eigenvalue weighted by Crippen LogP contribution is -2.20. The lowest BCUT2D eigenvalue weighted by atomic mass is 9.87. The Bertz CT molecular complexity index is 835. The number of nitrogens with one attached hydrogen (secondary N) is 1. The Morgan fingerprint density at radius 1 is 1.12 bits per heavy atom. The summed E-state index contributed by atoms with van der Waals surface area (Å²) in [5, 5.41) is 3.73. The van der Waals surface area contributed by atoms with E-state index in [0.717, 1.165) is 29.8 Å². The highest BCUT2D eigenvalue weighted by Crippen LogP contribution is 2.44. The maximum Gasteiger partial charge on any atom is 0.308 e. The molecule has 136 valence electrons. The Morgan fingerprint density at radius 3 is 2.46 bits per heavy atom. The average Bonchev–Trinajstić information content (AvgIpc) is 2.81. The minimum absolute atomic E-state index is 0.0480. The van der Waals surface area contributed by atoms with Gasteiger partial charge in [-0.3, -0.25) is 9.59 Å². The molecule has 0 spiro atoms. The molecule has 2 aromatic carbocycles. The minimum atomic E-state index is -0.522. The number of fused-ring (bicyclic) bond motifs is 1. The van der Waals surface area contributed by atoms with Gasteiger partial charge in [0.25, 0.3) is 0 Å². The summed E-state index contributed by atoms with van der Waals surface area (Å²) in [6.45, 7) is 4.07. The third-order valence-corrected chi connectivity index (χ3v) is 4.70. The Labute approximate surface area is 157 Å². The Kier molecular flexibility index (Phi) is 5.59. The molecule has 1 aliphatic rings. The first kappa shape index (κ1) is 18.4. The largest absolute Gasteiger partial charge is 0.423 e. The van der Waals surface area contributed by atoms with Crippen LogP contribution in [-0.2, 0) is 16.0 Å². The van der Waals surface area contributed by atoms with Crippen molar-refractivity contribution in [2.45, 2.75) is 26.2 Å². The number of benzene rings is 2. The van der Waals surface area contributed by atoms with Gasteiger partial charge in [-0.25, -0.2) is 0 Å². The highest BCUT2D eigenvalue weighted by atomic mass is 35.5. The van der Waals surface area contributed by atoms with Crippen LogP contribution in [0.4, 0.5) is 0 Å². The first-order valence-corrected chi connectivity index (χ1v) is 8.83. The minimum Gasteiger partial charge on any atom is -0.423 e. The maximum absolute atomic E-state index is 11.5. The molecule has 1 heterocycles. The van der Waals surface area contributed by atoms with Gasteiger partial charge >= 0.3 is 11.9 Å². The summed E-state index contributed by atoms with van der Waals surface area (Å²) in [4.78, 5) is 23.0. The van der Waals surface area contributed by atoms with Gasteiger partial charge in [0, 0.05) is 26.3 Å². The van der Waals surface area contributed by atoms with Crippen molar-refractivity contribution in [1.29, 1.82) is 0 Å². The Hall–Kier alpha value is -2.37. The Morgan fingerprint density at radius 2 is 1.81 bits per heavy atom. The topological polar surface area (TPSA) is 64.6 Å². The molecule has 2 aromatic rings. The van der Waals surface area contributed by atoms with Crippen molar-refractivity contribution in [3.63, 3.8) is 0 Å². The van der Waals surface area contributed by atoms with Gasteiger partial charge in [0.1, 0.15) is 0 Å². The van der Waals surface area contributed by atoms with E-state index in [1.807, 2.05) is 18.2 Å². The smallest absolute Gasteiger partial charge is 0.308 e. The molecule has 0 saturated heterocycles. The van der Waals surface area contributed by atoms with Crippen LogP contribution in [0.1, 0.15) is 36.5 Å². The molecule has 6 heteroatoms. The van der Waals surface area contributed by atoms with E-state index in [9.17, 15) is 9.59 Å². The van der Waals surface area contributed by atoms with E-state index in [-0.39, 0.29) is 17.4 Å². The third kappa shape index (κ3) is 3.89. The van der Waals surface area contributed by atoms with Crippen molar-refractivity contribution in [2.24, 2.45) is 0 Å². The van der Waals surface area contributed by atoms with Gasteiger partial charge in [0.2, 0.25) is 0 Å². The SMILES string of the molecule is CC(=O)Oc1cc2c(c(Cl)c1OC(C)=O)CCNCC2c1ccccc1. The predicted octanol–water partition coefficient (Wildman–Crippen LogP) is 3.47. The lowest BCUT2D eigenvalue weighted by Gasteiger charge is -2.22. The van der Waals surface area contributed by atoms with Gasteiger partial charge in [-0.05, 0) is 35.7 Å². The molecule has 5 nitrogen and oxygen atoms in total. The van der Waals surface area contributed by atoms with Crippen molar-refractivity contribution >= 4 is 23.5 Å². The fourth-order valence-electron chi connectivity index (χ4n) is 3.25. The molecule has 0 radical (unpaired) electrons. The standard InChI is InChI=1S/C20H20ClNO4/c1-12(23)25-18-10-16-15(19(21)20(18)26-13(2)24)8-9-22-11-17(16)14-6-4-3-5-7-14/h3-7,10,17,22H,8-9,11H2,1-2H3. The maximum atomic E-state index is 11.5. The van der Waals surface area contributed by atoms with E-state index in [1.165, 1.54) is 13.8 Å². The predicted molar refractivity (Wildman–Crippen MR) is 98.9 cm³/mol. The zero-order chi connectivity index (χ0) is 18.7. The second-order valence-corrected chi connectivity index (χ2v) is 6.57. The summed E-state index contributed by atoms with van der Waals surface area (Å²) >= 11 is 6.59. The van der Waals surface area contributed by atoms with Crippen LogP contribution in [0.15, 0.2) is 36.4 Å². The highest BCUT2D eigenvalue weighted by Gasteiger charge is 2.27. The van der Waals surface area contributed by atoms with Gasteiger partial charge in [-0.1, -0.05) is 41.9 Å². The van der Waals surface area contributed by atoms with Gasteiger partial charge < -0.3 is 14.8 Å². The number of esters is 2. The van der Waals surface area contributed by atoms with E-state index in [1.54, 1.807) is 6.07 Å². The molecule has 26 heavy (non-hydrogen) atoms. The summed E-state index contributed by atoms with van der Waals surface area (Å²) in [5.41, 5.74) is 3.00. The van der Waals surface area contributed by atoms with Crippen molar-refractivity contribution in [3.05, 3.63) is 58.1 Å². The van der Waals surface area contributed by atoms with Crippen molar-refractivity contribution in [3.8, 4) is 11.5 Å². The van der Waals surface area contributed by atoms with E-state index in [4.69, 9.17) is 21.1 Å². The molecule has 1 atom stereocenters. The van der Waals surface area contributed by atoms with Crippen LogP contribution in [-0.4, -0.2) is 25.0 Å².